The van der Waals surface area contributed by atoms with E-state index in [9.17, 15) is 9.59 Å². The standard InChI is InChI=1S/C24H27N3O3/c1-5-22(24(29)25-19-9-11-20(12-10-19)30-6-2)27-23(28)14-13-21(26-27)18-8-7-16(3)17(4)15-18/h7-15,22H,5-6H2,1-4H3,(H,25,29)/t22-/m1/s1. The van der Waals surface area contributed by atoms with Crippen molar-refractivity contribution in [3.63, 3.8) is 0 Å². The van der Waals surface area contributed by atoms with E-state index in [1.54, 1.807) is 30.3 Å². The summed E-state index contributed by atoms with van der Waals surface area (Å²) in [7, 11) is 0. The number of carbonyl (C=O) groups is 1. The lowest BCUT2D eigenvalue weighted by Crippen LogP contribution is -2.34. The van der Waals surface area contributed by atoms with Crippen LogP contribution in [0.15, 0.2) is 59.4 Å². The van der Waals surface area contributed by atoms with Crippen molar-refractivity contribution < 1.29 is 9.53 Å². The van der Waals surface area contributed by atoms with Crippen molar-refractivity contribution in [2.45, 2.75) is 40.2 Å². The Bertz CT molecular complexity index is 1090. The molecule has 0 saturated heterocycles. The summed E-state index contributed by atoms with van der Waals surface area (Å²) in [5.74, 6) is 0.454. The van der Waals surface area contributed by atoms with Gasteiger partial charge in [0.25, 0.3) is 5.56 Å². The summed E-state index contributed by atoms with van der Waals surface area (Å²) in [6.07, 6.45) is 0.437. The third-order valence-corrected chi connectivity index (χ3v) is 5.05. The number of nitrogens with zero attached hydrogens (tertiary/aromatic N) is 2. The first-order valence-corrected chi connectivity index (χ1v) is 10.1. The maximum absolute atomic E-state index is 12.9. The molecule has 0 aliphatic rings. The van der Waals surface area contributed by atoms with Gasteiger partial charge in [0.1, 0.15) is 11.8 Å². The summed E-state index contributed by atoms with van der Waals surface area (Å²) >= 11 is 0. The minimum Gasteiger partial charge on any atom is -0.494 e. The second-order valence-corrected chi connectivity index (χ2v) is 7.17. The molecular weight excluding hydrogens is 378 g/mol. The highest BCUT2D eigenvalue weighted by Crippen LogP contribution is 2.21. The van der Waals surface area contributed by atoms with Crippen LogP contribution in [0.3, 0.4) is 0 Å². The molecule has 1 amide bonds. The molecule has 0 spiro atoms. The van der Waals surface area contributed by atoms with Gasteiger partial charge in [-0.25, -0.2) is 4.68 Å². The summed E-state index contributed by atoms with van der Waals surface area (Å²) in [5, 5.41) is 7.38. The Hall–Kier alpha value is -3.41. The van der Waals surface area contributed by atoms with E-state index in [2.05, 4.69) is 10.4 Å². The smallest absolute Gasteiger partial charge is 0.267 e. The third kappa shape index (κ3) is 4.76. The Morgan fingerprint density at radius 2 is 1.77 bits per heavy atom. The first-order chi connectivity index (χ1) is 14.4. The molecule has 156 valence electrons. The third-order valence-electron chi connectivity index (χ3n) is 5.05. The van der Waals surface area contributed by atoms with Crippen molar-refractivity contribution >= 4 is 11.6 Å². The van der Waals surface area contributed by atoms with E-state index < -0.39 is 6.04 Å². The van der Waals surface area contributed by atoms with Gasteiger partial charge in [0, 0.05) is 17.3 Å². The number of aromatic nitrogens is 2. The highest BCUT2D eigenvalue weighted by atomic mass is 16.5. The average Bonchev–Trinajstić information content (AvgIpc) is 2.73. The van der Waals surface area contributed by atoms with Gasteiger partial charge in [0.05, 0.1) is 12.3 Å². The molecule has 0 unspecified atom stereocenters. The van der Waals surface area contributed by atoms with Crippen LogP contribution in [0.4, 0.5) is 5.69 Å². The van der Waals surface area contributed by atoms with Crippen LogP contribution >= 0.6 is 0 Å². The van der Waals surface area contributed by atoms with Crippen LogP contribution < -0.4 is 15.6 Å². The molecule has 0 radical (unpaired) electrons. The van der Waals surface area contributed by atoms with Gasteiger partial charge in [0.2, 0.25) is 5.91 Å². The maximum atomic E-state index is 12.9. The Morgan fingerprint density at radius 1 is 1.03 bits per heavy atom. The zero-order chi connectivity index (χ0) is 21.7. The van der Waals surface area contributed by atoms with Gasteiger partial charge in [-0.05, 0) is 74.7 Å². The number of ether oxygens (including phenoxy) is 1. The van der Waals surface area contributed by atoms with Crippen LogP contribution in [0.25, 0.3) is 11.3 Å². The largest absolute Gasteiger partial charge is 0.494 e. The molecule has 1 N–H and O–H groups in total. The molecule has 0 aliphatic heterocycles. The Kier molecular flexibility index (Phi) is 6.67. The highest BCUT2D eigenvalue weighted by molar-refractivity contribution is 5.93. The minimum absolute atomic E-state index is 0.284. The van der Waals surface area contributed by atoms with Crippen molar-refractivity contribution in [1.82, 2.24) is 9.78 Å². The average molecular weight is 405 g/mol. The molecule has 0 fully saturated rings. The molecule has 3 aromatic rings. The summed E-state index contributed by atoms with van der Waals surface area (Å²) in [6.45, 7) is 8.44. The summed E-state index contributed by atoms with van der Waals surface area (Å²) in [4.78, 5) is 25.4. The van der Waals surface area contributed by atoms with Gasteiger partial charge in [-0.3, -0.25) is 9.59 Å². The molecule has 6 nitrogen and oxygen atoms in total. The van der Waals surface area contributed by atoms with Gasteiger partial charge in [-0.2, -0.15) is 5.10 Å². The van der Waals surface area contributed by atoms with Crippen LogP contribution in [0.2, 0.25) is 0 Å². The lowest BCUT2D eigenvalue weighted by molar-refractivity contribution is -0.119. The normalized spacial score (nSPS) is 11.7. The number of carbonyl (C=O) groups excluding carboxylic acids is 1. The molecule has 1 aromatic heterocycles. The lowest BCUT2D eigenvalue weighted by atomic mass is 10.0. The van der Waals surface area contributed by atoms with E-state index >= 15 is 0 Å². The zero-order valence-electron chi connectivity index (χ0n) is 17.8. The first-order valence-electron chi connectivity index (χ1n) is 10.1. The molecule has 3 rings (SSSR count). The van der Waals surface area contributed by atoms with Crippen molar-refractivity contribution in [3.05, 3.63) is 76.1 Å². The van der Waals surface area contributed by atoms with Gasteiger partial charge in [0.15, 0.2) is 0 Å². The number of hydrogen-bond donors (Lipinski definition) is 1. The SMILES string of the molecule is CCOc1ccc(NC(=O)[C@@H](CC)n2nc(-c3ccc(C)c(C)c3)ccc2=O)cc1. The number of nitrogens with one attached hydrogen (secondary N) is 1. The van der Waals surface area contributed by atoms with Gasteiger partial charge in [-0.1, -0.05) is 19.1 Å². The van der Waals surface area contributed by atoms with Gasteiger partial charge in [-0.15, -0.1) is 0 Å². The molecule has 1 atom stereocenters. The second-order valence-electron chi connectivity index (χ2n) is 7.17. The van der Waals surface area contributed by atoms with Crippen LogP contribution in [0, 0.1) is 13.8 Å². The molecule has 0 aliphatic carbocycles. The van der Waals surface area contributed by atoms with Crippen molar-refractivity contribution in [3.8, 4) is 17.0 Å². The summed E-state index contributed by atoms with van der Waals surface area (Å²) < 4.78 is 6.69. The molecule has 0 bridgehead atoms. The highest BCUT2D eigenvalue weighted by Gasteiger charge is 2.21. The van der Waals surface area contributed by atoms with E-state index in [-0.39, 0.29) is 11.5 Å². The Morgan fingerprint density at radius 3 is 2.40 bits per heavy atom. The molecule has 0 saturated carbocycles. The molecule has 2 aromatic carbocycles. The van der Waals surface area contributed by atoms with E-state index in [0.29, 0.717) is 24.4 Å². The Labute approximate surface area is 176 Å². The van der Waals surface area contributed by atoms with Crippen LogP contribution in [-0.2, 0) is 4.79 Å². The Balaban J connectivity index is 1.87. The van der Waals surface area contributed by atoms with Crippen LogP contribution in [0.1, 0.15) is 37.4 Å². The quantitative estimate of drug-likeness (QED) is 0.627. The molecular formula is C24H27N3O3. The topological polar surface area (TPSA) is 73.2 Å². The van der Waals surface area contributed by atoms with E-state index in [1.807, 2.05) is 45.9 Å². The predicted molar refractivity (Wildman–Crippen MR) is 119 cm³/mol. The number of amides is 1. The second kappa shape index (κ2) is 9.39. The lowest BCUT2D eigenvalue weighted by Gasteiger charge is -2.18. The van der Waals surface area contributed by atoms with Gasteiger partial charge >= 0.3 is 0 Å². The van der Waals surface area contributed by atoms with Crippen molar-refractivity contribution in [2.24, 2.45) is 0 Å². The fourth-order valence-electron chi connectivity index (χ4n) is 3.20. The summed E-state index contributed by atoms with van der Waals surface area (Å²) in [6, 6.07) is 15.6. The fourth-order valence-corrected chi connectivity index (χ4v) is 3.20. The number of aryl methyl sites for hydroxylation is 2. The van der Waals surface area contributed by atoms with E-state index in [0.717, 1.165) is 16.9 Å². The van der Waals surface area contributed by atoms with Gasteiger partial charge < -0.3 is 10.1 Å². The zero-order valence-corrected chi connectivity index (χ0v) is 17.8. The van der Waals surface area contributed by atoms with Crippen molar-refractivity contribution in [1.29, 1.82) is 0 Å². The number of rotatable bonds is 7. The molecule has 6 heteroatoms. The van der Waals surface area contributed by atoms with E-state index in [1.165, 1.54) is 16.3 Å². The first kappa shape index (κ1) is 21.3. The number of anilines is 1. The monoisotopic (exact) mass is 405 g/mol. The van der Waals surface area contributed by atoms with Crippen LogP contribution in [0.5, 0.6) is 5.75 Å². The van der Waals surface area contributed by atoms with Crippen molar-refractivity contribution in [2.75, 3.05) is 11.9 Å². The molecule has 30 heavy (non-hydrogen) atoms. The van der Waals surface area contributed by atoms with Crippen LogP contribution in [-0.4, -0.2) is 22.3 Å². The number of hydrogen-bond acceptors (Lipinski definition) is 4. The summed E-state index contributed by atoms with van der Waals surface area (Å²) in [5.41, 5.74) is 4.23. The fraction of sp³-hybridized carbons (Fsp3) is 0.292. The number of benzene rings is 2. The maximum Gasteiger partial charge on any atom is 0.267 e. The minimum atomic E-state index is -0.712. The molecule has 1 heterocycles. The predicted octanol–water partition coefficient (Wildman–Crippen LogP) is 4.52. The van der Waals surface area contributed by atoms with E-state index in [4.69, 9.17) is 4.74 Å².